The van der Waals surface area contributed by atoms with Crippen LogP contribution in [0, 0.1) is 20.2 Å². The molecule has 0 aliphatic carbocycles. The highest BCUT2D eigenvalue weighted by molar-refractivity contribution is 5.53. The smallest absolute Gasteiger partial charge is 0.347 e. The maximum Gasteiger partial charge on any atom is 0.347 e. The molecule has 7 nitrogen and oxygen atoms in total. The Labute approximate surface area is 125 Å². The third-order valence-electron chi connectivity index (χ3n) is 2.74. The first-order valence-electron chi connectivity index (χ1n) is 5.60. The molecular formula is C13H10ClN3O4. The van der Waals surface area contributed by atoms with E-state index in [1.165, 1.54) is 16.7 Å². The Morgan fingerprint density at radius 2 is 1.67 bits per heavy atom. The second-order valence-corrected chi connectivity index (χ2v) is 3.93. The molecule has 0 amide bonds. The molecule has 0 saturated carbocycles. The van der Waals surface area contributed by atoms with Crippen molar-refractivity contribution in [1.82, 2.24) is 0 Å². The van der Waals surface area contributed by atoms with E-state index in [1.807, 2.05) is 0 Å². The minimum Gasteiger partial charge on any atom is -1.00 e. The first kappa shape index (κ1) is 16.3. The summed E-state index contributed by atoms with van der Waals surface area (Å²) in [7, 11) is 0. The van der Waals surface area contributed by atoms with Crippen molar-refractivity contribution in [2.75, 3.05) is 0 Å². The van der Waals surface area contributed by atoms with Gasteiger partial charge in [-0.25, -0.2) is 0 Å². The number of pyridine rings is 1. The molecule has 0 spiro atoms. The molecule has 0 N–H and O–H groups in total. The van der Waals surface area contributed by atoms with Crippen LogP contribution in [0.5, 0.6) is 0 Å². The van der Waals surface area contributed by atoms with Crippen LogP contribution in [0.25, 0.3) is 11.8 Å². The molecule has 0 aliphatic heterocycles. The number of rotatable bonds is 4. The molecule has 108 valence electrons. The second-order valence-electron chi connectivity index (χ2n) is 3.93. The highest BCUT2D eigenvalue weighted by atomic mass is 35.5. The van der Waals surface area contributed by atoms with Crippen LogP contribution < -0.4 is 17.0 Å². The molecule has 1 aromatic carbocycles. The predicted octanol–water partition coefficient (Wildman–Crippen LogP) is -0.573. The number of halogens is 1. The Balaban J connectivity index is 0.00000220. The van der Waals surface area contributed by atoms with Crippen LogP contribution in [0.3, 0.4) is 0 Å². The third kappa shape index (κ3) is 3.40. The van der Waals surface area contributed by atoms with Gasteiger partial charge in [-0.15, -0.1) is 0 Å². The predicted molar refractivity (Wildman–Crippen MR) is 71.4 cm³/mol. The highest BCUT2D eigenvalue weighted by Crippen LogP contribution is 2.24. The van der Waals surface area contributed by atoms with Crippen molar-refractivity contribution in [3.8, 4) is 5.69 Å². The zero-order valence-corrected chi connectivity index (χ0v) is 11.4. The van der Waals surface area contributed by atoms with Crippen LogP contribution in [0.1, 0.15) is 5.56 Å². The summed E-state index contributed by atoms with van der Waals surface area (Å²) in [6, 6.07) is 7.00. The van der Waals surface area contributed by atoms with Gasteiger partial charge < -0.3 is 12.4 Å². The van der Waals surface area contributed by atoms with Crippen LogP contribution in [0.4, 0.5) is 11.4 Å². The molecule has 0 radical (unpaired) electrons. The van der Waals surface area contributed by atoms with Crippen molar-refractivity contribution in [3.05, 3.63) is 75.1 Å². The van der Waals surface area contributed by atoms with Crippen LogP contribution in [-0.4, -0.2) is 9.85 Å². The lowest BCUT2D eigenvalue weighted by molar-refractivity contribution is -0.601. The van der Waals surface area contributed by atoms with E-state index in [9.17, 15) is 20.2 Å². The fraction of sp³-hybridized carbons (Fsp3) is 0. The Bertz CT molecular complexity index is 701. The molecule has 1 heterocycles. The molecule has 8 heteroatoms. The number of nitrogens with zero attached hydrogens (tertiary/aromatic N) is 3. The van der Waals surface area contributed by atoms with E-state index in [4.69, 9.17) is 0 Å². The van der Waals surface area contributed by atoms with Gasteiger partial charge >= 0.3 is 5.69 Å². The SMILES string of the molecule is C=Cc1cc[n+](-c2ccc([N+](=O)[O-])cc2[N+](=O)[O-])cc1.[Cl-]. The molecule has 2 rings (SSSR count). The van der Waals surface area contributed by atoms with E-state index in [0.717, 1.165) is 11.6 Å². The van der Waals surface area contributed by atoms with E-state index in [2.05, 4.69) is 6.58 Å². The Kier molecular flexibility index (Phi) is 5.09. The van der Waals surface area contributed by atoms with E-state index >= 15 is 0 Å². The molecule has 0 bridgehead atoms. The zero-order chi connectivity index (χ0) is 14.7. The number of nitro groups is 2. The van der Waals surface area contributed by atoms with Crippen LogP contribution >= 0.6 is 0 Å². The minimum absolute atomic E-state index is 0. The van der Waals surface area contributed by atoms with Crippen molar-refractivity contribution in [2.24, 2.45) is 0 Å². The van der Waals surface area contributed by atoms with Gasteiger partial charge in [-0.05, 0) is 5.56 Å². The van der Waals surface area contributed by atoms with E-state index in [0.29, 0.717) is 0 Å². The third-order valence-corrected chi connectivity index (χ3v) is 2.74. The number of non-ortho nitro benzene ring substituents is 1. The van der Waals surface area contributed by atoms with E-state index < -0.39 is 9.85 Å². The van der Waals surface area contributed by atoms with Crippen molar-refractivity contribution >= 4 is 17.5 Å². The number of benzene rings is 1. The molecule has 21 heavy (non-hydrogen) atoms. The lowest BCUT2D eigenvalue weighted by atomic mass is 10.2. The Morgan fingerprint density at radius 1 is 1.05 bits per heavy atom. The van der Waals surface area contributed by atoms with Crippen LogP contribution in [0.2, 0.25) is 0 Å². The molecular weight excluding hydrogens is 298 g/mol. The van der Waals surface area contributed by atoms with Gasteiger partial charge in [-0.2, -0.15) is 4.57 Å². The zero-order valence-electron chi connectivity index (χ0n) is 10.7. The summed E-state index contributed by atoms with van der Waals surface area (Å²) in [6.45, 7) is 3.62. The number of aromatic nitrogens is 1. The van der Waals surface area contributed by atoms with Crippen molar-refractivity contribution in [1.29, 1.82) is 0 Å². The molecule has 0 saturated heterocycles. The lowest BCUT2D eigenvalue weighted by Crippen LogP contribution is -3.00. The maximum atomic E-state index is 11.0. The summed E-state index contributed by atoms with van der Waals surface area (Å²) in [5.74, 6) is 0. The standard InChI is InChI=1S/C13H10N3O4.ClH/c1-2-10-5-7-14(8-6-10)12-4-3-11(15(17)18)9-13(12)16(19)20;/h2-9H,1H2;1H/q+1;/p-1. The number of hydrogen-bond acceptors (Lipinski definition) is 4. The van der Waals surface area contributed by atoms with Gasteiger partial charge in [-0.3, -0.25) is 20.2 Å². The Morgan fingerprint density at radius 3 is 2.14 bits per heavy atom. The molecule has 0 unspecified atom stereocenters. The number of nitro benzene ring substituents is 2. The van der Waals surface area contributed by atoms with E-state index in [1.54, 1.807) is 30.6 Å². The molecule has 0 fully saturated rings. The topological polar surface area (TPSA) is 90.2 Å². The first-order chi connectivity index (χ1) is 9.52. The van der Waals surface area contributed by atoms with Crippen molar-refractivity contribution < 1.29 is 26.8 Å². The fourth-order valence-corrected chi connectivity index (χ4v) is 1.72. The van der Waals surface area contributed by atoms with Gasteiger partial charge in [-0.1, -0.05) is 12.7 Å². The Hall–Kier alpha value is -2.80. The molecule has 2 aromatic rings. The summed E-state index contributed by atoms with van der Waals surface area (Å²) < 4.78 is 1.52. The summed E-state index contributed by atoms with van der Waals surface area (Å²) in [5.41, 5.74) is 0.487. The van der Waals surface area contributed by atoms with Crippen LogP contribution in [-0.2, 0) is 0 Å². The molecule has 0 aliphatic rings. The van der Waals surface area contributed by atoms with Gasteiger partial charge in [0.15, 0.2) is 12.4 Å². The highest BCUT2D eigenvalue weighted by Gasteiger charge is 2.25. The maximum absolute atomic E-state index is 11.0. The minimum atomic E-state index is -0.664. The average Bonchev–Trinajstić information content (AvgIpc) is 2.46. The quantitative estimate of drug-likeness (QED) is 0.429. The summed E-state index contributed by atoms with van der Waals surface area (Å²) in [6.07, 6.45) is 4.91. The average molecular weight is 308 g/mol. The summed E-state index contributed by atoms with van der Waals surface area (Å²) in [4.78, 5) is 20.4. The summed E-state index contributed by atoms with van der Waals surface area (Å²) >= 11 is 0. The van der Waals surface area contributed by atoms with Gasteiger partial charge in [0.2, 0.25) is 0 Å². The normalized spacial score (nSPS) is 9.52. The van der Waals surface area contributed by atoms with Crippen LogP contribution in [0.15, 0.2) is 49.3 Å². The van der Waals surface area contributed by atoms with Gasteiger partial charge in [0, 0.05) is 24.3 Å². The van der Waals surface area contributed by atoms with Gasteiger partial charge in [0.05, 0.1) is 9.85 Å². The number of hydrogen-bond donors (Lipinski definition) is 0. The van der Waals surface area contributed by atoms with Crippen molar-refractivity contribution in [2.45, 2.75) is 0 Å². The fourth-order valence-electron chi connectivity index (χ4n) is 1.72. The second kappa shape index (κ2) is 6.58. The molecule has 1 aromatic heterocycles. The lowest BCUT2D eigenvalue weighted by Gasteiger charge is -1.98. The van der Waals surface area contributed by atoms with E-state index in [-0.39, 0.29) is 29.5 Å². The van der Waals surface area contributed by atoms with Gasteiger partial charge in [0.1, 0.15) is 6.07 Å². The first-order valence-corrected chi connectivity index (χ1v) is 5.60. The monoisotopic (exact) mass is 307 g/mol. The summed E-state index contributed by atoms with van der Waals surface area (Å²) in [5, 5.41) is 21.7. The largest absolute Gasteiger partial charge is 1.00 e. The van der Waals surface area contributed by atoms with Crippen molar-refractivity contribution in [3.63, 3.8) is 0 Å². The molecule has 0 atom stereocenters. The van der Waals surface area contributed by atoms with Gasteiger partial charge in [0.25, 0.3) is 11.4 Å².